The maximum Gasteiger partial charge on any atom is 0.345 e. The molecular formula is C21H22N2O7S. The molecule has 0 saturated heterocycles. The molecule has 1 unspecified atom stereocenters. The lowest BCUT2D eigenvalue weighted by atomic mass is 9.93. The van der Waals surface area contributed by atoms with E-state index in [1.165, 1.54) is 32.3 Å². The molecule has 3 rings (SSSR count). The predicted molar refractivity (Wildman–Crippen MR) is 114 cm³/mol. The molecule has 0 spiro atoms. The molecule has 2 aliphatic rings. The highest BCUT2D eigenvalue weighted by Gasteiger charge is 2.44. The number of benzene rings is 1. The SMILES string of the molecule is CCOC(=O)C1=C(C)N=C2SC(C(=O)OC)=CC(=O)N2C1c1cccc(OC)c1OC. The molecule has 0 aliphatic carbocycles. The van der Waals surface area contributed by atoms with Gasteiger partial charge in [-0.15, -0.1) is 0 Å². The fraction of sp³-hybridized carbons (Fsp3) is 0.333. The quantitative estimate of drug-likeness (QED) is 0.614. The van der Waals surface area contributed by atoms with Gasteiger partial charge < -0.3 is 18.9 Å². The predicted octanol–water partition coefficient (Wildman–Crippen LogP) is 2.58. The van der Waals surface area contributed by atoms with Gasteiger partial charge >= 0.3 is 11.9 Å². The van der Waals surface area contributed by atoms with Gasteiger partial charge in [-0.1, -0.05) is 12.1 Å². The van der Waals surface area contributed by atoms with E-state index in [1.54, 1.807) is 32.0 Å². The minimum absolute atomic E-state index is 0.103. The van der Waals surface area contributed by atoms with Gasteiger partial charge in [0.1, 0.15) is 10.9 Å². The maximum absolute atomic E-state index is 13.1. The molecule has 1 aromatic rings. The largest absolute Gasteiger partial charge is 0.493 e. The zero-order valence-corrected chi connectivity index (χ0v) is 18.6. The van der Waals surface area contributed by atoms with Crippen molar-refractivity contribution in [3.8, 4) is 11.5 Å². The smallest absolute Gasteiger partial charge is 0.345 e. The van der Waals surface area contributed by atoms with E-state index in [0.717, 1.165) is 11.8 Å². The number of fused-ring (bicyclic) bond motifs is 1. The van der Waals surface area contributed by atoms with Crippen LogP contribution in [0, 0.1) is 0 Å². The Morgan fingerprint density at radius 3 is 2.52 bits per heavy atom. The number of para-hydroxylation sites is 1. The first-order valence-corrected chi connectivity index (χ1v) is 10.2. The third-order valence-corrected chi connectivity index (χ3v) is 5.67. The van der Waals surface area contributed by atoms with Crippen LogP contribution >= 0.6 is 11.8 Å². The third-order valence-electron chi connectivity index (χ3n) is 4.69. The second kappa shape index (κ2) is 9.25. The number of esters is 2. The summed E-state index contributed by atoms with van der Waals surface area (Å²) in [6.45, 7) is 3.50. The lowest BCUT2D eigenvalue weighted by Crippen LogP contribution is -2.45. The van der Waals surface area contributed by atoms with Crippen molar-refractivity contribution < 1.29 is 33.3 Å². The fourth-order valence-corrected chi connectivity index (χ4v) is 4.39. The van der Waals surface area contributed by atoms with E-state index < -0.39 is 23.9 Å². The molecule has 10 heteroatoms. The average molecular weight is 446 g/mol. The number of rotatable bonds is 6. The van der Waals surface area contributed by atoms with Gasteiger partial charge in [-0.2, -0.15) is 0 Å². The summed E-state index contributed by atoms with van der Waals surface area (Å²) in [6, 6.07) is 4.28. The van der Waals surface area contributed by atoms with E-state index in [1.807, 2.05) is 0 Å². The van der Waals surface area contributed by atoms with Gasteiger partial charge in [0.05, 0.1) is 39.2 Å². The molecule has 0 aromatic heterocycles. The first kappa shape index (κ1) is 22.4. The Hall–Kier alpha value is -3.27. The summed E-state index contributed by atoms with van der Waals surface area (Å²) >= 11 is 0.988. The van der Waals surface area contributed by atoms with Crippen LogP contribution in [0.2, 0.25) is 0 Å². The summed E-state index contributed by atoms with van der Waals surface area (Å²) in [5.41, 5.74) is 1.08. The molecule has 0 saturated carbocycles. The van der Waals surface area contributed by atoms with Crippen molar-refractivity contribution in [1.29, 1.82) is 0 Å². The number of thioether (sulfide) groups is 1. The third kappa shape index (κ3) is 4.02. The molecule has 0 N–H and O–H groups in total. The molecule has 9 nitrogen and oxygen atoms in total. The topological polar surface area (TPSA) is 104 Å². The molecule has 1 amide bonds. The lowest BCUT2D eigenvalue weighted by molar-refractivity contribution is -0.140. The van der Waals surface area contributed by atoms with Crippen LogP contribution in [0.5, 0.6) is 11.5 Å². The summed E-state index contributed by atoms with van der Waals surface area (Å²) in [5, 5.41) is 0.244. The molecule has 0 bridgehead atoms. The maximum atomic E-state index is 13.1. The monoisotopic (exact) mass is 446 g/mol. The summed E-state index contributed by atoms with van der Waals surface area (Å²) in [7, 11) is 4.20. The van der Waals surface area contributed by atoms with Crippen molar-refractivity contribution in [3.63, 3.8) is 0 Å². The molecule has 1 aromatic carbocycles. The molecule has 0 fully saturated rings. The van der Waals surface area contributed by atoms with Gasteiger partial charge in [0, 0.05) is 11.6 Å². The molecule has 2 heterocycles. The molecule has 0 radical (unpaired) electrons. The minimum atomic E-state index is -0.896. The van der Waals surface area contributed by atoms with Gasteiger partial charge in [-0.3, -0.25) is 9.69 Å². The number of methoxy groups -OCH3 is 3. The van der Waals surface area contributed by atoms with E-state index in [2.05, 4.69) is 4.99 Å². The molecule has 31 heavy (non-hydrogen) atoms. The first-order valence-electron chi connectivity index (χ1n) is 9.36. The van der Waals surface area contributed by atoms with Crippen LogP contribution in [0.15, 0.2) is 45.4 Å². The van der Waals surface area contributed by atoms with Gasteiger partial charge in [-0.05, 0) is 31.7 Å². The summed E-state index contributed by atoms with van der Waals surface area (Å²) < 4.78 is 20.9. The van der Waals surface area contributed by atoms with Crippen LogP contribution < -0.4 is 9.47 Å². The fourth-order valence-electron chi connectivity index (χ4n) is 3.39. The summed E-state index contributed by atoms with van der Waals surface area (Å²) in [6.07, 6.45) is 1.17. The van der Waals surface area contributed by atoms with Gasteiger partial charge in [0.15, 0.2) is 16.7 Å². The number of carbonyl (C=O) groups excluding carboxylic acids is 3. The number of carbonyl (C=O) groups is 3. The zero-order chi connectivity index (χ0) is 22.7. The van der Waals surface area contributed by atoms with Crippen molar-refractivity contribution in [2.45, 2.75) is 19.9 Å². The molecular weight excluding hydrogens is 424 g/mol. The van der Waals surface area contributed by atoms with Crippen LogP contribution in [0.1, 0.15) is 25.5 Å². The molecule has 1 atom stereocenters. The Labute approximate surface area is 183 Å². The first-order chi connectivity index (χ1) is 14.9. The molecule has 164 valence electrons. The van der Waals surface area contributed by atoms with Crippen LogP contribution in [0.3, 0.4) is 0 Å². The summed E-state index contributed by atoms with van der Waals surface area (Å²) in [4.78, 5) is 43.9. The van der Waals surface area contributed by atoms with Crippen molar-refractivity contribution in [2.75, 3.05) is 27.9 Å². The van der Waals surface area contributed by atoms with Crippen molar-refractivity contribution in [2.24, 2.45) is 4.99 Å². The second-order valence-electron chi connectivity index (χ2n) is 6.41. The number of nitrogens with zero attached hydrogens (tertiary/aromatic N) is 2. The highest BCUT2D eigenvalue weighted by Crippen LogP contribution is 2.46. The summed E-state index contributed by atoms with van der Waals surface area (Å²) in [5.74, 6) is -0.964. The Kier molecular flexibility index (Phi) is 6.69. The van der Waals surface area contributed by atoms with Crippen molar-refractivity contribution in [3.05, 3.63) is 46.0 Å². The number of hydrogen-bond donors (Lipinski definition) is 0. The van der Waals surface area contributed by atoms with Crippen LogP contribution in [0.25, 0.3) is 0 Å². The zero-order valence-electron chi connectivity index (χ0n) is 17.8. The Bertz CT molecular complexity index is 1030. The van der Waals surface area contributed by atoms with Crippen molar-refractivity contribution in [1.82, 2.24) is 4.90 Å². The number of ether oxygens (including phenoxy) is 4. The van der Waals surface area contributed by atoms with Crippen molar-refractivity contribution >= 4 is 34.8 Å². The van der Waals surface area contributed by atoms with Gasteiger partial charge in [0.2, 0.25) is 0 Å². The Balaban J connectivity index is 2.25. The second-order valence-corrected chi connectivity index (χ2v) is 7.42. The van der Waals surface area contributed by atoms with E-state index in [-0.39, 0.29) is 22.3 Å². The van der Waals surface area contributed by atoms with E-state index in [9.17, 15) is 14.4 Å². The standard InChI is InChI=1S/C21H22N2O7S/c1-6-30-20(26)16-11(2)22-21-23(15(24)10-14(31-21)19(25)29-5)17(16)12-8-7-9-13(27-3)18(12)28-4/h7-10,17H,6H2,1-5H3. The molecule has 2 aliphatic heterocycles. The van der Waals surface area contributed by atoms with Gasteiger partial charge in [0.25, 0.3) is 5.91 Å². The van der Waals surface area contributed by atoms with E-state index in [0.29, 0.717) is 22.8 Å². The lowest BCUT2D eigenvalue weighted by Gasteiger charge is -2.38. The van der Waals surface area contributed by atoms with Gasteiger partial charge in [-0.25, -0.2) is 14.6 Å². The highest BCUT2D eigenvalue weighted by atomic mass is 32.2. The number of allylic oxidation sites excluding steroid dienone is 1. The average Bonchev–Trinajstić information content (AvgIpc) is 2.76. The van der Waals surface area contributed by atoms with E-state index >= 15 is 0 Å². The van der Waals surface area contributed by atoms with E-state index in [4.69, 9.17) is 18.9 Å². The highest BCUT2D eigenvalue weighted by molar-refractivity contribution is 8.18. The van der Waals surface area contributed by atoms with Crippen LogP contribution in [-0.4, -0.2) is 55.8 Å². The Morgan fingerprint density at radius 2 is 1.90 bits per heavy atom. The number of amides is 1. The normalized spacial score (nSPS) is 18.0. The number of aliphatic imine (C=N–C) groups is 1. The number of amidine groups is 1. The minimum Gasteiger partial charge on any atom is -0.493 e. The Morgan fingerprint density at radius 1 is 1.16 bits per heavy atom. The van der Waals surface area contributed by atoms with Crippen LogP contribution in [0.4, 0.5) is 0 Å². The number of hydrogen-bond acceptors (Lipinski definition) is 9. The van der Waals surface area contributed by atoms with Crippen LogP contribution in [-0.2, 0) is 23.9 Å².